The third-order valence-electron chi connectivity index (χ3n) is 3.64. The maximum Gasteiger partial charge on any atom is 0.246 e. The first kappa shape index (κ1) is 18.2. The number of rotatable bonds is 6. The molecule has 0 bridgehead atoms. The van der Waals surface area contributed by atoms with Crippen LogP contribution in [0.2, 0.25) is 0 Å². The summed E-state index contributed by atoms with van der Waals surface area (Å²) in [5.74, 6) is -0.256. The first-order chi connectivity index (χ1) is 11.2. The molecule has 0 fully saturated rings. The highest BCUT2D eigenvalue weighted by Crippen LogP contribution is 2.19. The van der Waals surface area contributed by atoms with E-state index >= 15 is 0 Å². The number of benzene rings is 1. The summed E-state index contributed by atoms with van der Waals surface area (Å²) < 4.78 is 31.7. The summed E-state index contributed by atoms with van der Waals surface area (Å²) in [5.41, 5.74) is 2.93. The first-order valence-corrected chi connectivity index (χ1v) is 9.04. The third-order valence-corrected chi connectivity index (χ3v) is 5.29. The number of hydrogen-bond donors (Lipinski definition) is 2. The van der Waals surface area contributed by atoms with E-state index in [1.807, 2.05) is 32.0 Å². The second-order valence-corrected chi connectivity index (χ2v) is 7.23. The number of nitrogens with one attached hydrogen (secondary N) is 2. The molecule has 1 aromatic heterocycles. The molecule has 1 aromatic carbocycles. The number of aryl methyl sites for hydroxylation is 4. The Bertz CT molecular complexity index is 837. The van der Waals surface area contributed by atoms with Gasteiger partial charge in [-0.05, 0) is 44.4 Å². The van der Waals surface area contributed by atoms with Gasteiger partial charge in [0.2, 0.25) is 15.9 Å². The van der Waals surface area contributed by atoms with Crippen molar-refractivity contribution < 1.29 is 17.7 Å². The minimum absolute atomic E-state index is 0.0283. The smallest absolute Gasteiger partial charge is 0.246 e. The molecular formula is C16H21N3O4S. The van der Waals surface area contributed by atoms with Crippen LogP contribution < -0.4 is 10.0 Å². The van der Waals surface area contributed by atoms with Gasteiger partial charge in [-0.2, -0.15) is 0 Å². The van der Waals surface area contributed by atoms with E-state index in [2.05, 4.69) is 15.2 Å². The van der Waals surface area contributed by atoms with Crippen molar-refractivity contribution in [2.75, 3.05) is 11.9 Å². The summed E-state index contributed by atoms with van der Waals surface area (Å²) in [4.78, 5) is 12.0. The van der Waals surface area contributed by atoms with E-state index in [1.165, 1.54) is 13.8 Å². The molecule has 8 heteroatoms. The summed E-state index contributed by atoms with van der Waals surface area (Å²) in [6.45, 7) is 6.57. The molecule has 2 N–H and O–H groups in total. The van der Waals surface area contributed by atoms with Gasteiger partial charge in [-0.15, -0.1) is 0 Å². The fraction of sp³-hybridized carbons (Fsp3) is 0.375. The predicted octanol–water partition coefficient (Wildman–Crippen LogP) is 2.08. The molecule has 0 saturated heterocycles. The molecule has 7 nitrogen and oxygen atoms in total. The Labute approximate surface area is 141 Å². The van der Waals surface area contributed by atoms with E-state index in [0.29, 0.717) is 5.69 Å². The van der Waals surface area contributed by atoms with Crippen LogP contribution >= 0.6 is 0 Å². The summed E-state index contributed by atoms with van der Waals surface area (Å²) in [5, 5.41) is 6.34. The van der Waals surface area contributed by atoms with Gasteiger partial charge in [-0.1, -0.05) is 24.2 Å². The number of anilines is 1. The quantitative estimate of drug-likeness (QED) is 0.830. The standard InChI is InChI=1S/C16H21N3O4S/c1-5-13-7-6-10(2)14(8-13)18-15(20)9-17-24(21,22)16-11(3)19-23-12(16)4/h6-8,17H,5,9H2,1-4H3,(H,18,20). The van der Waals surface area contributed by atoms with Crippen molar-refractivity contribution in [2.45, 2.75) is 39.0 Å². The number of aromatic nitrogens is 1. The number of amides is 1. The molecule has 0 aliphatic rings. The monoisotopic (exact) mass is 351 g/mol. The minimum atomic E-state index is -3.86. The highest BCUT2D eigenvalue weighted by atomic mass is 32.2. The molecule has 0 radical (unpaired) electrons. The minimum Gasteiger partial charge on any atom is -0.360 e. The van der Waals surface area contributed by atoms with Crippen LogP contribution in [0.5, 0.6) is 0 Å². The van der Waals surface area contributed by atoms with Crippen molar-refractivity contribution >= 4 is 21.6 Å². The van der Waals surface area contributed by atoms with Crippen molar-refractivity contribution in [3.8, 4) is 0 Å². The average Bonchev–Trinajstić information content (AvgIpc) is 2.87. The normalized spacial score (nSPS) is 11.5. The maximum absolute atomic E-state index is 12.3. The zero-order valence-electron chi connectivity index (χ0n) is 14.1. The van der Waals surface area contributed by atoms with Gasteiger partial charge < -0.3 is 9.84 Å². The number of nitrogens with zero attached hydrogens (tertiary/aromatic N) is 1. The lowest BCUT2D eigenvalue weighted by atomic mass is 10.1. The molecule has 2 rings (SSSR count). The molecule has 0 atom stereocenters. The van der Waals surface area contributed by atoms with Crippen LogP contribution in [0.3, 0.4) is 0 Å². The Balaban J connectivity index is 2.06. The van der Waals surface area contributed by atoms with Crippen molar-refractivity contribution in [1.29, 1.82) is 0 Å². The van der Waals surface area contributed by atoms with E-state index in [1.54, 1.807) is 0 Å². The number of sulfonamides is 1. The fourth-order valence-electron chi connectivity index (χ4n) is 2.31. The van der Waals surface area contributed by atoms with Crippen LogP contribution in [0.15, 0.2) is 27.6 Å². The van der Waals surface area contributed by atoms with Crippen LogP contribution in [0.1, 0.15) is 29.5 Å². The van der Waals surface area contributed by atoms with Crippen molar-refractivity contribution in [2.24, 2.45) is 0 Å². The lowest BCUT2D eigenvalue weighted by Crippen LogP contribution is -2.33. The molecule has 0 unspecified atom stereocenters. The van der Waals surface area contributed by atoms with E-state index in [9.17, 15) is 13.2 Å². The average molecular weight is 351 g/mol. The Morgan fingerprint density at radius 3 is 2.54 bits per heavy atom. The van der Waals surface area contributed by atoms with Crippen LogP contribution in [0.4, 0.5) is 5.69 Å². The molecular weight excluding hydrogens is 330 g/mol. The Hall–Kier alpha value is -2.19. The third kappa shape index (κ3) is 4.01. The molecule has 130 valence electrons. The predicted molar refractivity (Wildman–Crippen MR) is 90.4 cm³/mol. The second-order valence-electron chi connectivity index (χ2n) is 5.53. The van der Waals surface area contributed by atoms with Crippen LogP contribution in [-0.4, -0.2) is 26.0 Å². The zero-order valence-corrected chi connectivity index (χ0v) is 15.0. The van der Waals surface area contributed by atoms with E-state index < -0.39 is 15.9 Å². The largest absolute Gasteiger partial charge is 0.360 e. The summed E-state index contributed by atoms with van der Waals surface area (Å²) in [7, 11) is -3.86. The highest BCUT2D eigenvalue weighted by molar-refractivity contribution is 7.89. The Morgan fingerprint density at radius 1 is 1.25 bits per heavy atom. The molecule has 2 aromatic rings. The van der Waals surface area contributed by atoms with E-state index in [4.69, 9.17) is 4.52 Å². The van der Waals surface area contributed by atoms with Crippen LogP contribution in [0, 0.1) is 20.8 Å². The molecule has 0 aliphatic heterocycles. The highest BCUT2D eigenvalue weighted by Gasteiger charge is 2.24. The van der Waals surface area contributed by atoms with Crippen molar-refractivity contribution in [1.82, 2.24) is 9.88 Å². The lowest BCUT2D eigenvalue weighted by molar-refractivity contribution is -0.115. The van der Waals surface area contributed by atoms with E-state index in [-0.39, 0.29) is 22.9 Å². The van der Waals surface area contributed by atoms with Gasteiger partial charge in [0.15, 0.2) is 5.76 Å². The number of carbonyl (C=O) groups is 1. The molecule has 0 spiro atoms. The van der Waals surface area contributed by atoms with Gasteiger partial charge >= 0.3 is 0 Å². The maximum atomic E-state index is 12.3. The summed E-state index contributed by atoms with van der Waals surface area (Å²) in [6.07, 6.45) is 0.849. The number of carbonyl (C=O) groups excluding carboxylic acids is 1. The Morgan fingerprint density at radius 2 is 1.96 bits per heavy atom. The molecule has 1 heterocycles. The van der Waals surface area contributed by atoms with Gasteiger partial charge in [0.25, 0.3) is 0 Å². The van der Waals surface area contributed by atoms with Gasteiger partial charge in [-0.3, -0.25) is 4.79 Å². The van der Waals surface area contributed by atoms with Crippen LogP contribution in [-0.2, 0) is 21.2 Å². The van der Waals surface area contributed by atoms with E-state index in [0.717, 1.165) is 17.5 Å². The van der Waals surface area contributed by atoms with Gasteiger partial charge in [0, 0.05) is 5.69 Å². The molecule has 0 saturated carbocycles. The second kappa shape index (κ2) is 7.14. The number of hydrogen-bond acceptors (Lipinski definition) is 5. The van der Waals surface area contributed by atoms with Gasteiger partial charge in [0.05, 0.1) is 6.54 Å². The van der Waals surface area contributed by atoms with Crippen molar-refractivity contribution in [3.63, 3.8) is 0 Å². The lowest BCUT2D eigenvalue weighted by Gasteiger charge is -2.11. The summed E-state index contributed by atoms with van der Waals surface area (Å²) in [6, 6.07) is 5.80. The Kier molecular flexibility index (Phi) is 5.40. The zero-order chi connectivity index (χ0) is 17.9. The fourth-order valence-corrected chi connectivity index (χ4v) is 3.62. The van der Waals surface area contributed by atoms with Gasteiger partial charge in [0.1, 0.15) is 10.6 Å². The molecule has 24 heavy (non-hydrogen) atoms. The van der Waals surface area contributed by atoms with Crippen LogP contribution in [0.25, 0.3) is 0 Å². The first-order valence-electron chi connectivity index (χ1n) is 7.56. The van der Waals surface area contributed by atoms with Crippen molar-refractivity contribution in [3.05, 3.63) is 40.8 Å². The SMILES string of the molecule is CCc1ccc(C)c(NC(=O)CNS(=O)(=O)c2c(C)noc2C)c1. The topological polar surface area (TPSA) is 101 Å². The van der Waals surface area contributed by atoms with Gasteiger partial charge in [-0.25, -0.2) is 13.1 Å². The molecule has 1 amide bonds. The molecule has 0 aliphatic carbocycles. The summed E-state index contributed by atoms with van der Waals surface area (Å²) >= 11 is 0.